The van der Waals surface area contributed by atoms with Crippen LogP contribution >= 0.6 is 0 Å². The van der Waals surface area contributed by atoms with Crippen molar-refractivity contribution in [1.29, 1.82) is 0 Å². The first-order valence-electron chi connectivity index (χ1n) is 10.4. The highest BCUT2D eigenvalue weighted by atomic mass is 16.5. The van der Waals surface area contributed by atoms with Crippen LogP contribution in [0.25, 0.3) is 0 Å². The Balaban J connectivity index is 1.53. The lowest BCUT2D eigenvalue weighted by atomic mass is 10.1. The number of hydrogen-bond acceptors (Lipinski definition) is 3. The topological polar surface area (TPSA) is 58.6 Å². The molecule has 0 spiro atoms. The standard InChI is InChI=1S/C26H26N2O3/c1-17-6-4-5-7-23(17)25(29)27-16-19-8-9-21-14-18(2)28(24(21)15-19)26(30)20-10-12-22(31-3)13-11-20/h4-13,15,18H,14,16H2,1-3H3,(H,27,29)/t18-/m1/s1. The van der Waals surface area contributed by atoms with Crippen molar-refractivity contribution in [2.45, 2.75) is 32.9 Å². The van der Waals surface area contributed by atoms with E-state index in [4.69, 9.17) is 4.74 Å². The fraction of sp³-hybridized carbons (Fsp3) is 0.231. The van der Waals surface area contributed by atoms with E-state index in [0.29, 0.717) is 17.7 Å². The molecule has 0 bridgehead atoms. The number of nitrogens with zero attached hydrogens (tertiary/aromatic N) is 1. The maximum Gasteiger partial charge on any atom is 0.258 e. The minimum Gasteiger partial charge on any atom is -0.497 e. The summed E-state index contributed by atoms with van der Waals surface area (Å²) in [6.07, 6.45) is 0.813. The lowest BCUT2D eigenvalue weighted by molar-refractivity contribution is 0.0948. The zero-order chi connectivity index (χ0) is 22.0. The first kappa shape index (κ1) is 20.7. The van der Waals surface area contributed by atoms with Gasteiger partial charge in [-0.2, -0.15) is 0 Å². The first-order valence-corrected chi connectivity index (χ1v) is 10.4. The van der Waals surface area contributed by atoms with E-state index in [2.05, 4.69) is 18.3 Å². The van der Waals surface area contributed by atoms with E-state index in [1.165, 1.54) is 0 Å². The Morgan fingerprint density at radius 1 is 1.06 bits per heavy atom. The van der Waals surface area contributed by atoms with Crippen LogP contribution in [0, 0.1) is 6.92 Å². The molecule has 0 fully saturated rings. The van der Waals surface area contributed by atoms with Crippen molar-refractivity contribution < 1.29 is 14.3 Å². The van der Waals surface area contributed by atoms with Gasteiger partial charge in [-0.15, -0.1) is 0 Å². The third-order valence-corrected chi connectivity index (χ3v) is 5.76. The number of aryl methyl sites for hydroxylation is 1. The molecule has 2 amide bonds. The molecule has 1 aliphatic rings. The maximum atomic E-state index is 13.2. The molecule has 3 aromatic rings. The highest BCUT2D eigenvalue weighted by molar-refractivity contribution is 6.07. The molecule has 0 radical (unpaired) electrons. The van der Waals surface area contributed by atoms with Crippen molar-refractivity contribution in [2.24, 2.45) is 0 Å². The number of hydrogen-bond donors (Lipinski definition) is 1. The van der Waals surface area contributed by atoms with E-state index in [-0.39, 0.29) is 17.9 Å². The van der Waals surface area contributed by atoms with E-state index in [9.17, 15) is 9.59 Å². The Hall–Kier alpha value is -3.60. The van der Waals surface area contributed by atoms with Gasteiger partial charge in [0.25, 0.3) is 11.8 Å². The van der Waals surface area contributed by atoms with Gasteiger partial charge in [-0.05, 0) is 73.4 Å². The van der Waals surface area contributed by atoms with Crippen LogP contribution in [0.3, 0.4) is 0 Å². The number of anilines is 1. The summed E-state index contributed by atoms with van der Waals surface area (Å²) in [5, 5.41) is 2.99. The van der Waals surface area contributed by atoms with Crippen LogP contribution in [0.5, 0.6) is 5.75 Å². The summed E-state index contributed by atoms with van der Waals surface area (Å²) in [4.78, 5) is 27.6. The molecule has 0 saturated heterocycles. The molecule has 1 aliphatic heterocycles. The number of benzene rings is 3. The van der Waals surface area contributed by atoms with Gasteiger partial charge in [0.2, 0.25) is 0 Å². The third-order valence-electron chi connectivity index (χ3n) is 5.76. The molecular formula is C26H26N2O3. The summed E-state index contributed by atoms with van der Waals surface area (Å²) in [5.41, 5.74) is 5.26. The first-order chi connectivity index (χ1) is 15.0. The van der Waals surface area contributed by atoms with Crippen molar-refractivity contribution in [2.75, 3.05) is 12.0 Å². The fourth-order valence-electron chi connectivity index (χ4n) is 4.05. The number of rotatable bonds is 5. The van der Waals surface area contributed by atoms with E-state index < -0.39 is 0 Å². The maximum absolute atomic E-state index is 13.2. The molecule has 5 nitrogen and oxygen atoms in total. The normalized spacial score (nSPS) is 14.8. The van der Waals surface area contributed by atoms with Crippen molar-refractivity contribution in [3.05, 3.63) is 94.5 Å². The number of nitrogens with one attached hydrogen (secondary N) is 1. The predicted molar refractivity (Wildman–Crippen MR) is 122 cm³/mol. The van der Waals surface area contributed by atoms with Crippen molar-refractivity contribution in [1.82, 2.24) is 5.32 Å². The van der Waals surface area contributed by atoms with Crippen LogP contribution in [-0.4, -0.2) is 25.0 Å². The second-order valence-electron chi connectivity index (χ2n) is 7.92. The Morgan fingerprint density at radius 3 is 2.52 bits per heavy atom. The van der Waals surface area contributed by atoms with Crippen LogP contribution in [0.15, 0.2) is 66.7 Å². The number of methoxy groups -OCH3 is 1. The van der Waals surface area contributed by atoms with Gasteiger partial charge in [0.1, 0.15) is 5.75 Å². The highest BCUT2D eigenvalue weighted by Crippen LogP contribution is 2.34. The molecule has 158 valence electrons. The van der Waals surface area contributed by atoms with Gasteiger partial charge < -0.3 is 15.0 Å². The molecule has 1 heterocycles. The van der Waals surface area contributed by atoms with Gasteiger partial charge in [0.05, 0.1) is 7.11 Å². The molecule has 1 atom stereocenters. The van der Waals surface area contributed by atoms with Gasteiger partial charge in [0, 0.05) is 29.4 Å². The largest absolute Gasteiger partial charge is 0.497 e. The van der Waals surface area contributed by atoms with Gasteiger partial charge in [-0.25, -0.2) is 0 Å². The fourth-order valence-corrected chi connectivity index (χ4v) is 4.05. The van der Waals surface area contributed by atoms with Gasteiger partial charge in [-0.1, -0.05) is 30.3 Å². The quantitative estimate of drug-likeness (QED) is 0.668. The Bertz CT molecular complexity index is 1120. The summed E-state index contributed by atoms with van der Waals surface area (Å²) in [5.74, 6) is 0.589. The molecule has 0 aromatic heterocycles. The summed E-state index contributed by atoms with van der Waals surface area (Å²) >= 11 is 0. The van der Waals surface area contributed by atoms with Crippen molar-refractivity contribution in [3.8, 4) is 5.75 Å². The molecule has 0 aliphatic carbocycles. The van der Waals surface area contributed by atoms with Gasteiger partial charge >= 0.3 is 0 Å². The molecule has 5 heteroatoms. The Labute approximate surface area is 182 Å². The number of fused-ring (bicyclic) bond motifs is 1. The molecular weight excluding hydrogens is 388 g/mol. The summed E-state index contributed by atoms with van der Waals surface area (Å²) in [6.45, 7) is 4.38. The van der Waals surface area contributed by atoms with Crippen molar-refractivity contribution >= 4 is 17.5 Å². The minimum atomic E-state index is -0.0990. The van der Waals surface area contributed by atoms with E-state index >= 15 is 0 Å². The van der Waals surface area contributed by atoms with Crippen LogP contribution < -0.4 is 15.0 Å². The van der Waals surface area contributed by atoms with Crippen LogP contribution in [0.4, 0.5) is 5.69 Å². The third kappa shape index (κ3) is 4.17. The van der Waals surface area contributed by atoms with E-state index in [1.54, 1.807) is 31.4 Å². The Morgan fingerprint density at radius 2 is 1.81 bits per heavy atom. The van der Waals surface area contributed by atoms with Crippen LogP contribution in [-0.2, 0) is 13.0 Å². The number of carbonyl (C=O) groups is 2. The lowest BCUT2D eigenvalue weighted by Gasteiger charge is -2.23. The smallest absolute Gasteiger partial charge is 0.258 e. The van der Waals surface area contributed by atoms with Crippen LogP contribution in [0.2, 0.25) is 0 Å². The van der Waals surface area contributed by atoms with Gasteiger partial charge in [0.15, 0.2) is 0 Å². The number of carbonyl (C=O) groups excluding carboxylic acids is 2. The van der Waals surface area contributed by atoms with Crippen molar-refractivity contribution in [3.63, 3.8) is 0 Å². The number of amides is 2. The molecule has 4 rings (SSSR count). The minimum absolute atomic E-state index is 0.0324. The molecule has 0 unspecified atom stereocenters. The van der Waals surface area contributed by atoms with E-state index in [1.807, 2.05) is 48.2 Å². The summed E-state index contributed by atoms with van der Waals surface area (Å²) < 4.78 is 5.19. The second-order valence-corrected chi connectivity index (χ2v) is 7.92. The highest BCUT2D eigenvalue weighted by Gasteiger charge is 2.31. The molecule has 3 aromatic carbocycles. The summed E-state index contributed by atoms with van der Waals surface area (Å²) in [7, 11) is 1.61. The van der Waals surface area contributed by atoms with Crippen LogP contribution in [0.1, 0.15) is 44.3 Å². The SMILES string of the molecule is COc1ccc(C(=O)N2c3cc(CNC(=O)c4ccccc4C)ccc3C[C@H]2C)cc1. The average Bonchev–Trinajstić information content (AvgIpc) is 3.12. The molecule has 31 heavy (non-hydrogen) atoms. The number of ether oxygens (including phenoxy) is 1. The Kier molecular flexibility index (Phi) is 5.76. The predicted octanol–water partition coefficient (Wildman–Crippen LogP) is 4.53. The zero-order valence-electron chi connectivity index (χ0n) is 18.0. The van der Waals surface area contributed by atoms with E-state index in [0.717, 1.165) is 34.5 Å². The molecule has 0 saturated carbocycles. The monoisotopic (exact) mass is 414 g/mol. The van der Waals surface area contributed by atoms with Gasteiger partial charge in [-0.3, -0.25) is 9.59 Å². The summed E-state index contributed by atoms with van der Waals surface area (Å²) in [6, 6.07) is 20.9. The lowest BCUT2D eigenvalue weighted by Crippen LogP contribution is -2.35. The average molecular weight is 415 g/mol. The molecule has 1 N–H and O–H groups in total. The zero-order valence-corrected chi connectivity index (χ0v) is 18.0. The second kappa shape index (κ2) is 8.64.